The van der Waals surface area contributed by atoms with Crippen LogP contribution in [0.2, 0.25) is 0 Å². The minimum absolute atomic E-state index is 0.0888. The molecule has 2 amide bonds. The maximum atomic E-state index is 14.0. The van der Waals surface area contributed by atoms with Crippen molar-refractivity contribution in [2.24, 2.45) is 0 Å². The van der Waals surface area contributed by atoms with Crippen molar-refractivity contribution in [3.8, 4) is 17.8 Å². The van der Waals surface area contributed by atoms with Crippen LogP contribution in [0.1, 0.15) is 22.7 Å². The molecule has 2 aromatic carbocycles. The summed E-state index contributed by atoms with van der Waals surface area (Å²) in [5.41, 5.74) is 1.50. The van der Waals surface area contributed by atoms with E-state index in [-0.39, 0.29) is 29.4 Å². The topological polar surface area (TPSA) is 119 Å². The van der Waals surface area contributed by atoms with Crippen molar-refractivity contribution in [1.29, 1.82) is 10.5 Å². The first-order valence-corrected chi connectivity index (χ1v) is 11.6. The van der Waals surface area contributed by atoms with Crippen LogP contribution in [0.3, 0.4) is 0 Å². The fourth-order valence-corrected chi connectivity index (χ4v) is 4.48. The van der Waals surface area contributed by atoms with Crippen LogP contribution in [-0.4, -0.2) is 60.1 Å². The molecular weight excluding hydrogens is 480 g/mol. The van der Waals surface area contributed by atoms with Gasteiger partial charge in [-0.05, 0) is 29.8 Å². The molecule has 9 nitrogen and oxygen atoms in total. The Bertz CT molecular complexity index is 1350. The molecule has 2 unspecified atom stereocenters. The number of nitrogens with one attached hydrogen (secondary N) is 2. The van der Waals surface area contributed by atoms with E-state index in [1.165, 1.54) is 10.7 Å². The first-order valence-electron chi connectivity index (χ1n) is 11.6. The average molecular weight is 506 g/mol. The van der Waals surface area contributed by atoms with E-state index < -0.39 is 23.7 Å². The van der Waals surface area contributed by atoms with Crippen LogP contribution >= 0.6 is 0 Å². The van der Waals surface area contributed by atoms with Crippen LogP contribution < -0.4 is 10.6 Å². The van der Waals surface area contributed by atoms with Crippen LogP contribution in [0, 0.1) is 34.3 Å². The van der Waals surface area contributed by atoms with Crippen molar-refractivity contribution >= 4 is 11.8 Å². The predicted octanol–water partition coefficient (Wildman–Crippen LogP) is 3.32. The van der Waals surface area contributed by atoms with Crippen molar-refractivity contribution in [1.82, 2.24) is 20.0 Å². The molecule has 0 radical (unpaired) electrons. The minimum atomic E-state index is -0.952. The SMILES string of the molecule is COCCN1CC(NC(=O)Nc2c(C#N)c(CC#N)nn2-c2ccccc2)C(c2ccc(F)c(F)c2)C1. The summed E-state index contributed by atoms with van der Waals surface area (Å²) in [6.45, 7) is 2.06. The highest BCUT2D eigenvalue weighted by molar-refractivity contribution is 5.90. The van der Waals surface area contributed by atoms with Crippen molar-refractivity contribution in [2.75, 3.05) is 38.7 Å². The highest BCUT2D eigenvalue weighted by atomic mass is 19.2. The quantitative estimate of drug-likeness (QED) is 0.485. The number of hydrogen-bond donors (Lipinski definition) is 2. The van der Waals surface area contributed by atoms with E-state index in [0.29, 0.717) is 37.5 Å². The number of urea groups is 1. The standard InChI is InChI=1S/C26H25F2N7O2/c1-37-12-11-34-15-20(17-7-8-21(27)22(28)13-17)24(16-34)31-26(36)32-25-19(14-30)23(9-10-29)33-35(25)18-5-3-2-4-6-18/h2-8,13,20,24H,9,11-12,15-16H2,1H3,(H2,31,32,36). The zero-order chi connectivity index (χ0) is 26.4. The van der Waals surface area contributed by atoms with Gasteiger partial charge in [-0.3, -0.25) is 10.2 Å². The number of hydrogen-bond acceptors (Lipinski definition) is 6. The monoisotopic (exact) mass is 505 g/mol. The smallest absolute Gasteiger partial charge is 0.320 e. The molecule has 2 N–H and O–H groups in total. The third-order valence-electron chi connectivity index (χ3n) is 6.24. The molecule has 37 heavy (non-hydrogen) atoms. The molecule has 0 spiro atoms. The van der Waals surface area contributed by atoms with Gasteiger partial charge in [-0.25, -0.2) is 18.3 Å². The number of anilines is 1. The summed E-state index contributed by atoms with van der Waals surface area (Å²) in [5, 5.41) is 29.0. The lowest BCUT2D eigenvalue weighted by molar-refractivity contribution is 0.159. The molecule has 1 aromatic heterocycles. The van der Waals surface area contributed by atoms with Crippen molar-refractivity contribution < 1.29 is 18.3 Å². The molecule has 0 saturated carbocycles. The van der Waals surface area contributed by atoms with Gasteiger partial charge in [0.2, 0.25) is 0 Å². The summed E-state index contributed by atoms with van der Waals surface area (Å²) in [4.78, 5) is 15.3. The Balaban J connectivity index is 1.60. The summed E-state index contributed by atoms with van der Waals surface area (Å²) in [7, 11) is 1.59. The summed E-state index contributed by atoms with van der Waals surface area (Å²) in [6.07, 6.45) is -0.103. The molecule has 1 fully saturated rings. The number of rotatable bonds is 8. The number of carbonyl (C=O) groups is 1. The van der Waals surface area contributed by atoms with Gasteiger partial charge in [-0.2, -0.15) is 15.6 Å². The summed E-state index contributed by atoms with van der Waals surface area (Å²) in [5.74, 6) is -2.06. The Morgan fingerprint density at radius 2 is 1.95 bits per heavy atom. The Morgan fingerprint density at radius 1 is 1.16 bits per heavy atom. The first-order chi connectivity index (χ1) is 17.9. The Hall–Kier alpha value is -4.32. The minimum Gasteiger partial charge on any atom is -0.383 e. The van der Waals surface area contributed by atoms with E-state index in [4.69, 9.17) is 4.74 Å². The Labute approximate surface area is 212 Å². The van der Waals surface area contributed by atoms with Gasteiger partial charge < -0.3 is 10.1 Å². The van der Waals surface area contributed by atoms with Crippen LogP contribution in [0.15, 0.2) is 48.5 Å². The molecule has 11 heteroatoms. The maximum absolute atomic E-state index is 14.0. The highest BCUT2D eigenvalue weighted by Crippen LogP contribution is 2.29. The van der Waals surface area contributed by atoms with Gasteiger partial charge in [-0.1, -0.05) is 24.3 Å². The van der Waals surface area contributed by atoms with Crippen LogP contribution in [-0.2, 0) is 11.2 Å². The summed E-state index contributed by atoms with van der Waals surface area (Å²) in [6, 6.07) is 15.7. The Morgan fingerprint density at radius 3 is 2.62 bits per heavy atom. The van der Waals surface area contributed by atoms with Gasteiger partial charge in [0.05, 0.1) is 36.5 Å². The van der Waals surface area contributed by atoms with Gasteiger partial charge >= 0.3 is 6.03 Å². The number of methoxy groups -OCH3 is 1. The van der Waals surface area contributed by atoms with Crippen LogP contribution in [0.25, 0.3) is 5.69 Å². The van der Waals surface area contributed by atoms with Crippen LogP contribution in [0.5, 0.6) is 0 Å². The van der Waals surface area contributed by atoms with Gasteiger partial charge in [0.15, 0.2) is 17.5 Å². The largest absolute Gasteiger partial charge is 0.383 e. The molecule has 2 atom stereocenters. The van der Waals surface area contributed by atoms with E-state index in [2.05, 4.69) is 20.6 Å². The predicted molar refractivity (Wildman–Crippen MR) is 131 cm³/mol. The van der Waals surface area contributed by atoms with Crippen molar-refractivity contribution in [2.45, 2.75) is 18.4 Å². The number of amides is 2. The third kappa shape index (κ3) is 5.75. The number of nitriles is 2. The first kappa shape index (κ1) is 25.8. The van der Waals surface area contributed by atoms with E-state index >= 15 is 0 Å². The Kier molecular flexibility index (Phi) is 8.08. The number of benzene rings is 2. The fourth-order valence-electron chi connectivity index (χ4n) is 4.48. The number of nitrogens with zero attached hydrogens (tertiary/aromatic N) is 5. The fraction of sp³-hybridized carbons (Fsp3) is 0.308. The van der Waals surface area contributed by atoms with Crippen molar-refractivity contribution in [3.63, 3.8) is 0 Å². The van der Waals surface area contributed by atoms with E-state index in [1.54, 1.807) is 31.4 Å². The molecule has 1 aliphatic heterocycles. The number of likely N-dealkylation sites (tertiary alicyclic amines) is 1. The van der Waals surface area contributed by atoms with Gasteiger partial charge in [0.1, 0.15) is 11.6 Å². The lowest BCUT2D eigenvalue weighted by Gasteiger charge is -2.21. The van der Waals surface area contributed by atoms with Gasteiger partial charge in [0, 0.05) is 32.7 Å². The normalized spacial score (nSPS) is 17.2. The molecule has 190 valence electrons. The molecule has 1 saturated heterocycles. The van der Waals surface area contributed by atoms with Crippen molar-refractivity contribution in [3.05, 3.63) is 77.0 Å². The zero-order valence-corrected chi connectivity index (χ0v) is 20.1. The van der Waals surface area contributed by atoms with E-state index in [0.717, 1.165) is 12.1 Å². The number of carbonyl (C=O) groups excluding carboxylic acids is 1. The lowest BCUT2D eigenvalue weighted by Crippen LogP contribution is -2.42. The highest BCUT2D eigenvalue weighted by Gasteiger charge is 2.35. The number of aromatic nitrogens is 2. The van der Waals surface area contributed by atoms with Crippen LogP contribution in [0.4, 0.5) is 19.4 Å². The molecule has 0 bridgehead atoms. The third-order valence-corrected chi connectivity index (χ3v) is 6.24. The molecule has 3 aromatic rings. The summed E-state index contributed by atoms with van der Waals surface area (Å²) < 4.78 is 34.1. The van der Waals surface area contributed by atoms with Gasteiger partial charge in [-0.15, -0.1) is 0 Å². The number of halogens is 2. The van der Waals surface area contributed by atoms with E-state index in [9.17, 15) is 24.1 Å². The number of ether oxygens (including phenoxy) is 1. The second-order valence-corrected chi connectivity index (χ2v) is 8.60. The maximum Gasteiger partial charge on any atom is 0.320 e. The summed E-state index contributed by atoms with van der Waals surface area (Å²) >= 11 is 0. The second kappa shape index (κ2) is 11.6. The number of para-hydroxylation sites is 1. The average Bonchev–Trinajstić information content (AvgIpc) is 3.45. The molecule has 2 heterocycles. The molecule has 4 rings (SSSR count). The lowest BCUT2D eigenvalue weighted by atomic mass is 9.94. The zero-order valence-electron chi connectivity index (χ0n) is 20.1. The van der Waals surface area contributed by atoms with Gasteiger partial charge in [0.25, 0.3) is 0 Å². The molecule has 0 aliphatic carbocycles. The van der Waals surface area contributed by atoms with E-state index in [1.807, 2.05) is 18.2 Å². The molecule has 1 aliphatic rings. The second-order valence-electron chi connectivity index (χ2n) is 8.60. The molecular formula is C26H25F2N7O2.